The van der Waals surface area contributed by atoms with Crippen molar-refractivity contribution in [2.45, 2.75) is 50.5 Å². The molecule has 4 rings (SSSR count). The average molecular weight is 699 g/mol. The fraction of sp³-hybridized carbons (Fsp3) is 0.400. The summed E-state index contributed by atoms with van der Waals surface area (Å²) in [6.45, 7) is 4.93. The number of carbonyl (C=O) groups is 2. The molecule has 1 N–H and O–H groups in total. The Balaban J connectivity index is 1.43. The molecule has 1 heterocycles. The molecule has 1 saturated heterocycles. The van der Waals surface area contributed by atoms with Gasteiger partial charge in [0.15, 0.2) is 0 Å². The molecule has 0 radical (unpaired) electrons. The molecule has 12 heteroatoms. The summed E-state index contributed by atoms with van der Waals surface area (Å²) in [5, 5.41) is 12.1. The van der Waals surface area contributed by atoms with Crippen molar-refractivity contribution >= 4 is 45.0 Å². The van der Waals surface area contributed by atoms with E-state index in [2.05, 4.69) is 16.3 Å². The second-order valence-electron chi connectivity index (χ2n) is 11.7. The van der Waals surface area contributed by atoms with Crippen molar-refractivity contribution < 1.29 is 18.0 Å². The van der Waals surface area contributed by atoms with Crippen LogP contribution in [0.1, 0.15) is 47.9 Å². The summed E-state index contributed by atoms with van der Waals surface area (Å²) in [5.41, 5.74) is 2.74. The number of amides is 2. The third-order valence-corrected chi connectivity index (χ3v) is 11.2. The van der Waals surface area contributed by atoms with E-state index < -0.39 is 22.5 Å². The van der Waals surface area contributed by atoms with Crippen LogP contribution < -0.4 is 5.32 Å². The summed E-state index contributed by atoms with van der Waals surface area (Å²) in [5.74, 6) is -0.886. The molecule has 0 bridgehead atoms. The van der Waals surface area contributed by atoms with Gasteiger partial charge < -0.3 is 15.1 Å². The second-order valence-corrected chi connectivity index (χ2v) is 14.4. The van der Waals surface area contributed by atoms with Crippen molar-refractivity contribution in [1.82, 2.24) is 19.4 Å². The van der Waals surface area contributed by atoms with Crippen LogP contribution in [0.3, 0.4) is 0 Å². The van der Waals surface area contributed by atoms with Gasteiger partial charge in [-0.25, -0.2) is 8.42 Å². The average Bonchev–Trinajstić information content (AvgIpc) is 3.60. The van der Waals surface area contributed by atoms with Crippen LogP contribution >= 0.6 is 23.2 Å². The summed E-state index contributed by atoms with van der Waals surface area (Å²) >= 11 is 12.6. The maximum atomic E-state index is 13.8. The zero-order valence-corrected chi connectivity index (χ0v) is 29.0. The number of likely N-dealkylation sites (tertiary alicyclic amines) is 1. The number of nitriles is 1. The number of halogens is 2. The van der Waals surface area contributed by atoms with Gasteiger partial charge in [0, 0.05) is 24.7 Å². The number of nitrogens with zero attached hydrogens (tertiary/aromatic N) is 4. The highest BCUT2D eigenvalue weighted by Gasteiger charge is 2.30. The van der Waals surface area contributed by atoms with Crippen LogP contribution in [0.15, 0.2) is 71.6 Å². The molecular weight excluding hydrogens is 657 g/mol. The summed E-state index contributed by atoms with van der Waals surface area (Å²) in [4.78, 5) is 30.7. The normalized spacial score (nSPS) is 13.4. The predicted molar refractivity (Wildman–Crippen MR) is 185 cm³/mol. The van der Waals surface area contributed by atoms with E-state index in [0.717, 1.165) is 47.9 Å². The summed E-state index contributed by atoms with van der Waals surface area (Å²) in [6, 6.07) is 21.4. The Labute approximate surface area is 288 Å². The van der Waals surface area contributed by atoms with Gasteiger partial charge in [-0.2, -0.15) is 9.57 Å². The fourth-order valence-electron chi connectivity index (χ4n) is 5.50. The first-order valence-corrected chi connectivity index (χ1v) is 18.0. The summed E-state index contributed by atoms with van der Waals surface area (Å²) < 4.78 is 28.7. The quantitative estimate of drug-likeness (QED) is 0.200. The van der Waals surface area contributed by atoms with Crippen LogP contribution in [0.25, 0.3) is 0 Å². The number of nitrogens with one attached hydrogen (secondary N) is 1. The van der Waals surface area contributed by atoms with Crippen molar-refractivity contribution in [2.24, 2.45) is 0 Å². The predicted octanol–water partition coefficient (Wildman–Crippen LogP) is 5.43. The lowest BCUT2D eigenvalue weighted by molar-refractivity contribution is -0.133. The molecule has 250 valence electrons. The Hall–Kier alpha value is -3.46. The van der Waals surface area contributed by atoms with Crippen LogP contribution in [0.4, 0.5) is 0 Å². The van der Waals surface area contributed by atoms with Crippen molar-refractivity contribution in [3.05, 3.63) is 99.0 Å². The molecule has 1 fully saturated rings. The van der Waals surface area contributed by atoms with Crippen LogP contribution in [-0.2, 0) is 32.6 Å². The first-order valence-electron chi connectivity index (χ1n) is 15.8. The van der Waals surface area contributed by atoms with E-state index in [1.165, 1.54) is 25.0 Å². The highest BCUT2D eigenvalue weighted by atomic mass is 35.5. The number of hydrogen-bond donors (Lipinski definition) is 1. The van der Waals surface area contributed by atoms with Crippen LogP contribution in [0.2, 0.25) is 10.0 Å². The topological polar surface area (TPSA) is 114 Å². The van der Waals surface area contributed by atoms with Gasteiger partial charge in [0.05, 0.1) is 29.7 Å². The van der Waals surface area contributed by atoms with E-state index in [1.54, 1.807) is 24.0 Å². The molecule has 0 unspecified atom stereocenters. The molecule has 0 aromatic heterocycles. The standard InChI is InChI=1S/C35H41Cl2N5O4S/c1-27-31(36)15-16-32(35(27)37)47(45,46)42(22-17-28-9-3-2-4-10-28)26-33(43)39-24-34(44)41(21-8-7-20-40-18-5-6-19-40)25-30-13-11-29(23-38)12-14-30/h2-4,9-16H,5-8,17-22,24-26H2,1H3,(H,39,43). The minimum atomic E-state index is -4.20. The van der Waals surface area contributed by atoms with Crippen LogP contribution in [0.5, 0.6) is 0 Å². The maximum absolute atomic E-state index is 13.8. The van der Waals surface area contributed by atoms with Gasteiger partial charge in [-0.3, -0.25) is 9.59 Å². The fourth-order valence-corrected chi connectivity index (χ4v) is 7.68. The summed E-state index contributed by atoms with van der Waals surface area (Å²) in [7, 11) is -4.20. The highest BCUT2D eigenvalue weighted by molar-refractivity contribution is 7.89. The first kappa shape index (κ1) is 36.4. The Kier molecular flexibility index (Phi) is 13.6. The van der Waals surface area contributed by atoms with Gasteiger partial charge in [-0.1, -0.05) is 65.7 Å². The third kappa shape index (κ3) is 10.5. The van der Waals surface area contributed by atoms with Crippen molar-refractivity contribution in [1.29, 1.82) is 5.26 Å². The number of carbonyl (C=O) groups excluding carboxylic acids is 2. The van der Waals surface area contributed by atoms with E-state index in [1.807, 2.05) is 42.5 Å². The lowest BCUT2D eigenvalue weighted by atomic mass is 10.1. The van der Waals surface area contributed by atoms with Gasteiger partial charge in [0.1, 0.15) is 4.90 Å². The molecule has 0 saturated carbocycles. The van der Waals surface area contributed by atoms with Gasteiger partial charge in [0.25, 0.3) is 0 Å². The molecule has 3 aromatic rings. The number of rotatable bonds is 16. The van der Waals surface area contributed by atoms with E-state index in [4.69, 9.17) is 28.5 Å². The zero-order valence-electron chi connectivity index (χ0n) is 26.6. The number of sulfonamides is 1. The lowest BCUT2D eigenvalue weighted by Crippen LogP contribution is -2.45. The van der Waals surface area contributed by atoms with E-state index in [0.29, 0.717) is 35.7 Å². The molecule has 1 aliphatic rings. The Morgan fingerprint density at radius 2 is 1.64 bits per heavy atom. The monoisotopic (exact) mass is 697 g/mol. The molecule has 0 aliphatic carbocycles. The minimum absolute atomic E-state index is 0.000901. The molecule has 3 aromatic carbocycles. The summed E-state index contributed by atoms with van der Waals surface area (Å²) in [6.07, 6.45) is 4.57. The first-order chi connectivity index (χ1) is 22.6. The van der Waals surface area contributed by atoms with E-state index in [-0.39, 0.29) is 28.9 Å². The van der Waals surface area contributed by atoms with Crippen LogP contribution in [0, 0.1) is 18.3 Å². The maximum Gasteiger partial charge on any atom is 0.245 e. The molecule has 47 heavy (non-hydrogen) atoms. The molecule has 2 amide bonds. The highest BCUT2D eigenvalue weighted by Crippen LogP contribution is 2.32. The smallest absolute Gasteiger partial charge is 0.245 e. The zero-order chi connectivity index (χ0) is 33.8. The molecule has 1 aliphatic heterocycles. The molecule has 0 spiro atoms. The number of hydrogen-bond acceptors (Lipinski definition) is 6. The van der Waals surface area contributed by atoms with Crippen molar-refractivity contribution in [3.63, 3.8) is 0 Å². The van der Waals surface area contributed by atoms with Gasteiger partial charge in [-0.05, 0) is 99.6 Å². The molecule has 0 atom stereocenters. The van der Waals surface area contributed by atoms with E-state index in [9.17, 15) is 18.0 Å². The Morgan fingerprint density at radius 1 is 0.936 bits per heavy atom. The number of benzene rings is 3. The lowest BCUT2D eigenvalue weighted by Gasteiger charge is -2.25. The molecule has 9 nitrogen and oxygen atoms in total. The second kappa shape index (κ2) is 17.6. The number of unbranched alkanes of at least 4 members (excludes halogenated alkanes) is 1. The van der Waals surface area contributed by atoms with E-state index >= 15 is 0 Å². The third-order valence-electron chi connectivity index (χ3n) is 8.31. The Morgan fingerprint density at radius 3 is 2.32 bits per heavy atom. The van der Waals surface area contributed by atoms with Gasteiger partial charge in [0.2, 0.25) is 21.8 Å². The molecular formula is C35H41Cl2N5O4S. The van der Waals surface area contributed by atoms with Crippen molar-refractivity contribution in [2.75, 3.05) is 45.8 Å². The van der Waals surface area contributed by atoms with Gasteiger partial charge in [-0.15, -0.1) is 0 Å². The SMILES string of the molecule is Cc1c(Cl)ccc(S(=O)(=O)N(CCc2ccccc2)CC(=O)NCC(=O)N(CCCCN2CCCC2)Cc2ccc(C#N)cc2)c1Cl. The van der Waals surface area contributed by atoms with Crippen LogP contribution in [-0.4, -0.2) is 80.2 Å². The largest absolute Gasteiger partial charge is 0.346 e. The Bertz CT molecular complexity index is 1660. The van der Waals surface area contributed by atoms with Gasteiger partial charge >= 0.3 is 0 Å². The minimum Gasteiger partial charge on any atom is -0.346 e. The van der Waals surface area contributed by atoms with Crippen molar-refractivity contribution in [3.8, 4) is 6.07 Å².